The van der Waals surface area contributed by atoms with E-state index >= 15 is 0 Å². The van der Waals surface area contributed by atoms with Gasteiger partial charge < -0.3 is 9.72 Å². The van der Waals surface area contributed by atoms with Gasteiger partial charge in [0.1, 0.15) is 0 Å². The molecule has 8 nitrogen and oxygen atoms in total. The number of aromatic amines is 1. The van der Waals surface area contributed by atoms with Crippen LogP contribution in [0.1, 0.15) is 17.0 Å². The zero-order valence-electron chi connectivity index (χ0n) is 16.5. The van der Waals surface area contributed by atoms with Crippen LogP contribution in [0.2, 0.25) is 0 Å². The van der Waals surface area contributed by atoms with Crippen LogP contribution in [0.3, 0.4) is 0 Å². The number of nitrogens with zero attached hydrogens (tertiary/aromatic N) is 4. The highest BCUT2D eigenvalue weighted by molar-refractivity contribution is 5.87. The Morgan fingerprint density at radius 2 is 1.97 bits per heavy atom. The highest BCUT2D eigenvalue weighted by atomic mass is 16.5. The highest BCUT2D eigenvalue weighted by Gasteiger charge is 2.17. The molecule has 30 heavy (non-hydrogen) atoms. The van der Waals surface area contributed by atoms with Gasteiger partial charge in [0.05, 0.1) is 17.3 Å². The van der Waals surface area contributed by atoms with Crippen LogP contribution in [0.4, 0.5) is 0 Å². The quantitative estimate of drug-likeness (QED) is 0.467. The predicted octanol–water partition coefficient (Wildman–Crippen LogP) is 2.66. The molecule has 150 valence electrons. The minimum absolute atomic E-state index is 0.0382. The van der Waals surface area contributed by atoms with Crippen molar-refractivity contribution in [2.24, 2.45) is 7.05 Å². The second-order valence-electron chi connectivity index (χ2n) is 7.33. The average molecular weight is 401 g/mol. The maximum Gasteiger partial charge on any atom is 0.310 e. The van der Waals surface area contributed by atoms with E-state index in [1.165, 1.54) is 4.57 Å². The molecule has 0 fully saturated rings. The van der Waals surface area contributed by atoms with Crippen molar-refractivity contribution < 1.29 is 9.53 Å². The van der Waals surface area contributed by atoms with Crippen molar-refractivity contribution in [1.82, 2.24) is 24.1 Å². The lowest BCUT2D eigenvalue weighted by molar-refractivity contribution is -0.144. The normalized spacial score (nSPS) is 11.5. The van der Waals surface area contributed by atoms with E-state index in [1.54, 1.807) is 11.4 Å². The monoisotopic (exact) mass is 401 g/mol. The van der Waals surface area contributed by atoms with Crippen LogP contribution in [0, 0.1) is 6.92 Å². The van der Waals surface area contributed by atoms with E-state index in [-0.39, 0.29) is 24.6 Å². The number of H-pyrrole nitrogens is 1. The lowest BCUT2D eigenvalue weighted by Crippen LogP contribution is -2.20. The molecule has 0 aliphatic rings. The van der Waals surface area contributed by atoms with Crippen LogP contribution in [-0.4, -0.2) is 30.1 Å². The maximum atomic E-state index is 12.6. The maximum absolute atomic E-state index is 12.6. The number of fused-ring (bicyclic) bond motifs is 4. The Balaban J connectivity index is 1.45. The summed E-state index contributed by atoms with van der Waals surface area (Å²) in [6.45, 7) is 1.90. The molecule has 3 aromatic heterocycles. The molecule has 2 aromatic carbocycles. The first-order valence-electron chi connectivity index (χ1n) is 9.57. The first-order valence-corrected chi connectivity index (χ1v) is 9.57. The lowest BCUT2D eigenvalue weighted by atomic mass is 10.1. The number of carbonyl (C=O) groups is 1. The van der Waals surface area contributed by atoms with Gasteiger partial charge in [-0.2, -0.15) is 0 Å². The predicted molar refractivity (Wildman–Crippen MR) is 112 cm³/mol. The van der Waals surface area contributed by atoms with Crippen molar-refractivity contribution in [3.63, 3.8) is 0 Å². The van der Waals surface area contributed by atoms with Crippen molar-refractivity contribution in [3.05, 3.63) is 76.0 Å². The number of nitrogens with one attached hydrogen (secondary N) is 1. The molecular formula is C22H19N5O3. The van der Waals surface area contributed by atoms with Gasteiger partial charge in [-0.1, -0.05) is 29.8 Å². The number of benzene rings is 2. The van der Waals surface area contributed by atoms with E-state index in [4.69, 9.17) is 4.74 Å². The van der Waals surface area contributed by atoms with Crippen LogP contribution >= 0.6 is 0 Å². The van der Waals surface area contributed by atoms with E-state index < -0.39 is 0 Å². The average Bonchev–Trinajstić information content (AvgIpc) is 3.35. The molecule has 0 unspecified atom stereocenters. The summed E-state index contributed by atoms with van der Waals surface area (Å²) in [5.41, 5.74) is 3.39. The summed E-state index contributed by atoms with van der Waals surface area (Å²) in [4.78, 5) is 28.3. The van der Waals surface area contributed by atoms with Crippen LogP contribution in [0.15, 0.2) is 53.5 Å². The number of hydrogen-bond acceptors (Lipinski definition) is 5. The molecule has 0 aliphatic heterocycles. The summed E-state index contributed by atoms with van der Waals surface area (Å²) in [5, 5.41) is 9.85. The van der Waals surface area contributed by atoms with Gasteiger partial charge in [0.25, 0.3) is 5.56 Å². The van der Waals surface area contributed by atoms with Crippen LogP contribution < -0.4 is 5.56 Å². The van der Waals surface area contributed by atoms with Crippen molar-refractivity contribution >= 4 is 33.6 Å². The van der Waals surface area contributed by atoms with E-state index in [0.717, 1.165) is 22.0 Å². The molecule has 3 heterocycles. The first-order chi connectivity index (χ1) is 14.5. The molecule has 0 radical (unpaired) electrons. The van der Waals surface area contributed by atoms with E-state index in [9.17, 15) is 9.59 Å². The number of ether oxygens (including phenoxy) is 1. The number of aryl methyl sites for hydroxylation is 2. The number of hydrogen-bond donors (Lipinski definition) is 1. The molecule has 5 rings (SSSR count). The Morgan fingerprint density at radius 3 is 2.83 bits per heavy atom. The largest absolute Gasteiger partial charge is 0.457 e. The second kappa shape index (κ2) is 6.84. The lowest BCUT2D eigenvalue weighted by Gasteiger charge is -2.09. The summed E-state index contributed by atoms with van der Waals surface area (Å²) in [6.07, 6.45) is 1.98. The molecule has 0 saturated heterocycles. The molecule has 8 heteroatoms. The summed E-state index contributed by atoms with van der Waals surface area (Å²) in [7, 11) is 1.65. The van der Waals surface area contributed by atoms with Gasteiger partial charge in [0.15, 0.2) is 12.4 Å². The minimum atomic E-state index is -0.360. The van der Waals surface area contributed by atoms with Crippen LogP contribution in [0.5, 0.6) is 0 Å². The first kappa shape index (κ1) is 18.1. The van der Waals surface area contributed by atoms with Crippen molar-refractivity contribution in [2.45, 2.75) is 20.0 Å². The van der Waals surface area contributed by atoms with Crippen molar-refractivity contribution in [3.8, 4) is 0 Å². The number of rotatable bonds is 4. The summed E-state index contributed by atoms with van der Waals surface area (Å²) >= 11 is 0. The fraction of sp³-hybridized carbons (Fsp3) is 0.182. The molecule has 5 aromatic rings. The van der Waals surface area contributed by atoms with Gasteiger partial charge in [-0.3, -0.25) is 18.6 Å². The fourth-order valence-corrected chi connectivity index (χ4v) is 3.78. The Labute approximate surface area is 170 Å². The Morgan fingerprint density at radius 1 is 1.13 bits per heavy atom. The third kappa shape index (κ3) is 2.85. The van der Waals surface area contributed by atoms with Gasteiger partial charge in [-0.05, 0) is 30.7 Å². The van der Waals surface area contributed by atoms with Gasteiger partial charge in [0.2, 0.25) is 5.78 Å². The zero-order valence-corrected chi connectivity index (χ0v) is 16.5. The number of esters is 1. The summed E-state index contributed by atoms with van der Waals surface area (Å²) in [5.74, 6) is 0.502. The van der Waals surface area contributed by atoms with E-state index in [1.807, 2.05) is 55.6 Å². The Hall–Kier alpha value is -3.94. The van der Waals surface area contributed by atoms with Gasteiger partial charge >= 0.3 is 5.97 Å². The molecule has 0 bridgehead atoms. The van der Waals surface area contributed by atoms with Gasteiger partial charge in [-0.25, -0.2) is 0 Å². The number of aromatic nitrogens is 5. The van der Waals surface area contributed by atoms with Crippen LogP contribution in [0.25, 0.3) is 27.6 Å². The molecule has 0 saturated carbocycles. The van der Waals surface area contributed by atoms with Gasteiger partial charge in [-0.15, -0.1) is 10.2 Å². The molecule has 0 amide bonds. The minimum Gasteiger partial charge on any atom is -0.457 e. The number of para-hydroxylation sites is 1. The third-order valence-electron chi connectivity index (χ3n) is 5.31. The van der Waals surface area contributed by atoms with E-state index in [2.05, 4.69) is 15.2 Å². The topological polar surface area (TPSA) is 94.3 Å². The summed E-state index contributed by atoms with van der Waals surface area (Å²) in [6, 6.07) is 13.4. The zero-order chi connectivity index (χ0) is 20.8. The van der Waals surface area contributed by atoms with Gasteiger partial charge in [0, 0.05) is 24.1 Å². The molecular weight excluding hydrogens is 382 g/mol. The fourth-order valence-electron chi connectivity index (χ4n) is 3.78. The third-order valence-corrected chi connectivity index (χ3v) is 5.31. The smallest absolute Gasteiger partial charge is 0.310 e. The van der Waals surface area contributed by atoms with Crippen molar-refractivity contribution in [2.75, 3.05) is 0 Å². The Bertz CT molecular complexity index is 1490. The highest BCUT2D eigenvalue weighted by Crippen LogP contribution is 2.19. The van der Waals surface area contributed by atoms with Crippen molar-refractivity contribution in [1.29, 1.82) is 0 Å². The van der Waals surface area contributed by atoms with E-state index in [0.29, 0.717) is 22.5 Å². The van der Waals surface area contributed by atoms with Crippen LogP contribution in [-0.2, 0) is 29.6 Å². The molecule has 0 atom stereocenters. The standard InChI is InChI=1S/C22H19N5O3/c1-13-7-8-18-16(9-13)21(29)26(2)22-25-24-19(27(18)22)12-30-20(28)10-14-11-23-17-6-4-3-5-15(14)17/h3-9,11,23H,10,12H2,1-2H3. The second-order valence-corrected chi connectivity index (χ2v) is 7.33. The molecule has 1 N–H and O–H groups in total. The number of carbonyl (C=O) groups excluding carboxylic acids is 1. The molecule has 0 spiro atoms. The SMILES string of the molecule is Cc1ccc2c(c1)c(=O)n(C)c1nnc(COC(=O)Cc3c[nH]c4ccccc34)n21. The summed E-state index contributed by atoms with van der Waals surface area (Å²) < 4.78 is 8.71. The molecule has 0 aliphatic carbocycles. The Kier molecular flexibility index (Phi) is 4.13.